The summed E-state index contributed by atoms with van der Waals surface area (Å²) in [6.07, 6.45) is -5.59. The van der Waals surface area contributed by atoms with E-state index in [1.807, 2.05) is 4.72 Å². The fraction of sp³-hybridized carbons (Fsp3) is 0.294. The Kier molecular flexibility index (Phi) is 7.41. The van der Waals surface area contributed by atoms with Gasteiger partial charge in [-0.25, -0.2) is 13.4 Å². The molecule has 31 heavy (non-hydrogen) atoms. The molecule has 170 valence electrons. The van der Waals surface area contributed by atoms with Gasteiger partial charge in [0.05, 0.1) is 21.3 Å². The summed E-state index contributed by atoms with van der Waals surface area (Å²) in [5.41, 5.74) is -1.78. The molecule has 0 saturated heterocycles. The van der Waals surface area contributed by atoms with Gasteiger partial charge in [-0.1, -0.05) is 23.2 Å². The van der Waals surface area contributed by atoms with Gasteiger partial charge in [-0.3, -0.25) is 9.78 Å². The number of nitrogens with one attached hydrogen (secondary N) is 1. The zero-order valence-corrected chi connectivity index (χ0v) is 18.4. The van der Waals surface area contributed by atoms with Gasteiger partial charge >= 0.3 is 16.4 Å². The van der Waals surface area contributed by atoms with Crippen molar-refractivity contribution in [2.45, 2.75) is 19.2 Å². The number of carbonyl (C=O) groups excluding carboxylic acids is 1. The quantitative estimate of drug-likeness (QED) is 0.603. The van der Waals surface area contributed by atoms with Crippen LogP contribution in [0.5, 0.6) is 5.75 Å². The Balaban J connectivity index is 2.41. The Morgan fingerprint density at radius 1 is 1.23 bits per heavy atom. The summed E-state index contributed by atoms with van der Waals surface area (Å²) in [6.45, 7) is 1.23. The number of hydrogen-bond acceptors (Lipinski definition) is 5. The summed E-state index contributed by atoms with van der Waals surface area (Å²) in [7, 11) is -1.98. The summed E-state index contributed by atoms with van der Waals surface area (Å²) in [4.78, 5) is 15.9. The number of pyridine rings is 1. The first-order chi connectivity index (χ1) is 14.2. The van der Waals surface area contributed by atoms with E-state index in [1.165, 1.54) is 6.92 Å². The molecule has 1 N–H and O–H groups in total. The second-order valence-electron chi connectivity index (χ2n) is 6.09. The number of halogens is 6. The standard InChI is InChI=1S/C17H15Cl2F4N3O4S/c1-8(16(27)26(3)31(28,29)24-2)30-14-5-10(13(20)6-11(14)18)15-12(19)4-9(7-25-15)17(21,22)23/h4-8,24H,1-3H3. The van der Waals surface area contributed by atoms with Crippen LogP contribution in [-0.2, 0) is 21.2 Å². The Morgan fingerprint density at radius 2 is 1.84 bits per heavy atom. The second kappa shape index (κ2) is 9.15. The van der Waals surface area contributed by atoms with Crippen LogP contribution in [0.2, 0.25) is 10.0 Å². The van der Waals surface area contributed by atoms with Gasteiger partial charge in [0.1, 0.15) is 11.6 Å². The van der Waals surface area contributed by atoms with Gasteiger partial charge in [0.15, 0.2) is 6.10 Å². The van der Waals surface area contributed by atoms with Crippen molar-refractivity contribution in [1.82, 2.24) is 14.0 Å². The number of amides is 1. The molecule has 1 amide bonds. The third kappa shape index (κ3) is 5.56. The summed E-state index contributed by atoms with van der Waals surface area (Å²) in [5.74, 6) is -2.17. The van der Waals surface area contributed by atoms with Crippen molar-refractivity contribution in [2.75, 3.05) is 14.1 Å². The third-order valence-corrected chi connectivity index (χ3v) is 6.03. The Bertz CT molecular complexity index is 1110. The van der Waals surface area contributed by atoms with E-state index in [-0.39, 0.29) is 22.0 Å². The highest BCUT2D eigenvalue weighted by Crippen LogP contribution is 2.38. The van der Waals surface area contributed by atoms with Crippen LogP contribution in [-0.4, -0.2) is 43.8 Å². The maximum Gasteiger partial charge on any atom is 0.417 e. The number of alkyl halides is 3. The smallest absolute Gasteiger partial charge is 0.417 e. The van der Waals surface area contributed by atoms with E-state index in [2.05, 4.69) is 4.98 Å². The molecule has 0 radical (unpaired) electrons. The predicted octanol–water partition coefficient (Wildman–Crippen LogP) is 3.90. The molecule has 2 aromatic rings. The monoisotopic (exact) mass is 503 g/mol. The average molecular weight is 504 g/mol. The van der Waals surface area contributed by atoms with Crippen LogP contribution in [0.4, 0.5) is 17.6 Å². The molecule has 1 heterocycles. The third-order valence-electron chi connectivity index (χ3n) is 4.03. The first-order valence-corrected chi connectivity index (χ1v) is 10.5. The van der Waals surface area contributed by atoms with Gasteiger partial charge in [-0.05, 0) is 25.1 Å². The molecular formula is C17H15Cl2F4N3O4S. The van der Waals surface area contributed by atoms with Crippen LogP contribution in [0.15, 0.2) is 24.4 Å². The van der Waals surface area contributed by atoms with Crippen molar-refractivity contribution in [2.24, 2.45) is 0 Å². The minimum Gasteiger partial charge on any atom is -0.479 e. The Labute approximate surface area is 185 Å². The molecular weight excluding hydrogens is 489 g/mol. The molecule has 2 rings (SSSR count). The van der Waals surface area contributed by atoms with Crippen molar-refractivity contribution in [3.05, 3.63) is 45.8 Å². The number of rotatable bonds is 6. The van der Waals surface area contributed by atoms with Gasteiger partial charge in [0.2, 0.25) is 0 Å². The average Bonchev–Trinajstić information content (AvgIpc) is 2.68. The van der Waals surface area contributed by atoms with Crippen molar-refractivity contribution in [3.63, 3.8) is 0 Å². The van der Waals surface area contributed by atoms with Crippen LogP contribution >= 0.6 is 23.2 Å². The lowest BCUT2D eigenvalue weighted by Crippen LogP contribution is -2.45. The zero-order chi connectivity index (χ0) is 23.7. The lowest BCUT2D eigenvalue weighted by Gasteiger charge is -2.22. The molecule has 0 saturated carbocycles. The first kappa shape index (κ1) is 25.1. The molecule has 0 fully saturated rings. The van der Waals surface area contributed by atoms with E-state index < -0.39 is 44.8 Å². The number of carbonyl (C=O) groups is 1. The van der Waals surface area contributed by atoms with E-state index in [4.69, 9.17) is 27.9 Å². The topological polar surface area (TPSA) is 88.6 Å². The van der Waals surface area contributed by atoms with Gasteiger partial charge in [0, 0.05) is 25.9 Å². The SMILES string of the molecule is CNS(=O)(=O)N(C)C(=O)C(C)Oc1cc(-c2ncc(C(F)(F)F)cc2Cl)c(F)cc1Cl. The van der Waals surface area contributed by atoms with Crippen LogP contribution in [0.1, 0.15) is 12.5 Å². The van der Waals surface area contributed by atoms with Crippen LogP contribution in [0, 0.1) is 5.82 Å². The number of aromatic nitrogens is 1. The second-order valence-corrected chi connectivity index (χ2v) is 8.81. The molecule has 1 aromatic carbocycles. The van der Waals surface area contributed by atoms with E-state index in [1.54, 1.807) is 0 Å². The number of ether oxygens (including phenoxy) is 1. The number of nitrogens with zero attached hydrogens (tertiary/aromatic N) is 2. The zero-order valence-electron chi connectivity index (χ0n) is 16.1. The van der Waals surface area contributed by atoms with Crippen LogP contribution in [0.25, 0.3) is 11.3 Å². The lowest BCUT2D eigenvalue weighted by atomic mass is 10.1. The lowest BCUT2D eigenvalue weighted by molar-refractivity contribution is -0.137. The van der Waals surface area contributed by atoms with E-state index in [0.29, 0.717) is 16.6 Å². The van der Waals surface area contributed by atoms with Gasteiger partial charge in [-0.15, -0.1) is 0 Å². The molecule has 0 bridgehead atoms. The summed E-state index contributed by atoms with van der Waals surface area (Å²) >= 11 is 11.8. The molecule has 1 unspecified atom stereocenters. The van der Waals surface area contributed by atoms with Gasteiger partial charge in [0.25, 0.3) is 5.91 Å². The molecule has 1 atom stereocenters. The molecule has 0 spiro atoms. The highest BCUT2D eigenvalue weighted by atomic mass is 35.5. The van der Waals surface area contributed by atoms with Crippen LogP contribution < -0.4 is 9.46 Å². The van der Waals surface area contributed by atoms with Crippen molar-refractivity contribution in [3.8, 4) is 17.0 Å². The molecule has 0 aliphatic carbocycles. The maximum absolute atomic E-state index is 14.4. The normalized spacial score (nSPS) is 13.1. The summed E-state index contributed by atoms with van der Waals surface area (Å²) in [6, 6.07) is 2.38. The highest BCUT2D eigenvalue weighted by Gasteiger charge is 2.32. The van der Waals surface area contributed by atoms with Crippen molar-refractivity contribution < 1.29 is 35.5 Å². The fourth-order valence-corrected chi connectivity index (χ4v) is 3.47. The number of benzene rings is 1. The van der Waals surface area contributed by atoms with Crippen LogP contribution in [0.3, 0.4) is 0 Å². The Hall–Kier alpha value is -2.15. The summed E-state index contributed by atoms with van der Waals surface area (Å²) in [5, 5.41) is -0.756. The van der Waals surface area contributed by atoms with Gasteiger partial charge in [-0.2, -0.15) is 21.6 Å². The summed E-state index contributed by atoms with van der Waals surface area (Å²) < 4.78 is 84.0. The molecule has 0 aliphatic rings. The maximum atomic E-state index is 14.4. The predicted molar refractivity (Wildman–Crippen MR) is 105 cm³/mol. The Morgan fingerprint density at radius 3 is 2.35 bits per heavy atom. The first-order valence-electron chi connectivity index (χ1n) is 8.29. The highest BCUT2D eigenvalue weighted by molar-refractivity contribution is 7.87. The van der Waals surface area contributed by atoms with Crippen molar-refractivity contribution in [1.29, 1.82) is 0 Å². The van der Waals surface area contributed by atoms with E-state index in [0.717, 1.165) is 26.2 Å². The molecule has 0 aliphatic heterocycles. The van der Waals surface area contributed by atoms with Gasteiger partial charge < -0.3 is 4.74 Å². The number of likely N-dealkylation sites (N-methyl/N-ethyl adjacent to an activating group) is 1. The minimum atomic E-state index is -4.70. The van der Waals surface area contributed by atoms with E-state index in [9.17, 15) is 30.8 Å². The minimum absolute atomic E-state index is 0.244. The molecule has 7 nitrogen and oxygen atoms in total. The fourth-order valence-electron chi connectivity index (χ4n) is 2.34. The van der Waals surface area contributed by atoms with E-state index >= 15 is 0 Å². The molecule has 14 heteroatoms. The largest absolute Gasteiger partial charge is 0.479 e. The van der Waals surface area contributed by atoms with Crippen molar-refractivity contribution >= 4 is 39.3 Å². The number of hydrogen-bond donors (Lipinski definition) is 1. The molecule has 1 aromatic heterocycles.